The number of carbonyl (C=O) groups is 1. The number of thioether (sulfide) groups is 1. The van der Waals surface area contributed by atoms with Gasteiger partial charge in [0.25, 0.3) is 0 Å². The molecule has 0 spiro atoms. The van der Waals surface area contributed by atoms with Crippen molar-refractivity contribution in [3.05, 3.63) is 0 Å². The van der Waals surface area contributed by atoms with Gasteiger partial charge < -0.3 is 4.90 Å². The van der Waals surface area contributed by atoms with Crippen LogP contribution in [0.2, 0.25) is 0 Å². The van der Waals surface area contributed by atoms with Crippen LogP contribution in [0.15, 0.2) is 0 Å². The molecule has 3 nitrogen and oxygen atoms in total. The minimum absolute atomic E-state index is 0.0780. The molecule has 15 heavy (non-hydrogen) atoms. The van der Waals surface area contributed by atoms with Gasteiger partial charge in [0, 0.05) is 24.7 Å². The summed E-state index contributed by atoms with van der Waals surface area (Å²) in [6, 6.07) is 0.0780. The number of nitrogens with zero attached hydrogens (tertiary/aromatic N) is 1. The topological polar surface area (TPSA) is 32.3 Å². The normalized spacial score (nSPS) is 36.1. The number of likely N-dealkylation sites (tertiary alicyclic amines) is 1. The van der Waals surface area contributed by atoms with E-state index in [1.165, 1.54) is 6.42 Å². The molecule has 2 rings (SSSR count). The molecule has 0 bridgehead atoms. The quantitative estimate of drug-likeness (QED) is 0.773. The van der Waals surface area contributed by atoms with Crippen LogP contribution in [0.25, 0.3) is 0 Å². The molecule has 0 aliphatic carbocycles. The third-order valence-electron chi connectivity index (χ3n) is 3.74. The van der Waals surface area contributed by atoms with Crippen molar-refractivity contribution in [3.8, 4) is 0 Å². The highest BCUT2D eigenvalue weighted by atomic mass is 32.2. The van der Waals surface area contributed by atoms with E-state index in [-0.39, 0.29) is 6.04 Å². The lowest BCUT2D eigenvalue weighted by Gasteiger charge is -2.24. The molecule has 86 valence electrons. The van der Waals surface area contributed by atoms with Crippen molar-refractivity contribution in [2.24, 2.45) is 5.41 Å². The maximum atomic E-state index is 12.1. The molecule has 0 saturated carbocycles. The molecule has 2 saturated heterocycles. The van der Waals surface area contributed by atoms with Crippen molar-refractivity contribution >= 4 is 17.7 Å². The molecule has 2 unspecified atom stereocenters. The minimum Gasteiger partial charge on any atom is -0.341 e. The van der Waals surface area contributed by atoms with Gasteiger partial charge in [0.15, 0.2) is 0 Å². The van der Waals surface area contributed by atoms with E-state index in [2.05, 4.69) is 19.2 Å². The van der Waals surface area contributed by atoms with Crippen molar-refractivity contribution in [1.82, 2.24) is 10.2 Å². The van der Waals surface area contributed by atoms with E-state index in [1.54, 1.807) is 0 Å². The average molecular weight is 228 g/mol. The second-order valence-electron chi connectivity index (χ2n) is 4.95. The molecule has 2 aliphatic rings. The first-order chi connectivity index (χ1) is 7.14. The smallest absolute Gasteiger partial charge is 0.240 e. The van der Waals surface area contributed by atoms with Crippen LogP contribution in [0.5, 0.6) is 0 Å². The summed E-state index contributed by atoms with van der Waals surface area (Å²) >= 11 is 1.82. The molecule has 2 fully saturated rings. The fraction of sp³-hybridized carbons (Fsp3) is 0.909. The summed E-state index contributed by atoms with van der Waals surface area (Å²) < 4.78 is 0. The van der Waals surface area contributed by atoms with Crippen LogP contribution < -0.4 is 5.32 Å². The SMILES string of the molecule is CCC1(C)CCN(C(=O)C2CSCN2)C1. The largest absolute Gasteiger partial charge is 0.341 e. The Labute approximate surface area is 96.0 Å². The van der Waals surface area contributed by atoms with Crippen LogP contribution in [-0.2, 0) is 4.79 Å². The van der Waals surface area contributed by atoms with Gasteiger partial charge in [-0.2, -0.15) is 0 Å². The number of hydrogen-bond donors (Lipinski definition) is 1. The zero-order chi connectivity index (χ0) is 10.9. The first-order valence-electron chi connectivity index (χ1n) is 5.74. The van der Waals surface area contributed by atoms with Crippen molar-refractivity contribution < 1.29 is 4.79 Å². The molecule has 1 amide bonds. The van der Waals surface area contributed by atoms with Crippen molar-refractivity contribution in [2.45, 2.75) is 32.7 Å². The van der Waals surface area contributed by atoms with Crippen LogP contribution in [0.4, 0.5) is 0 Å². The lowest BCUT2D eigenvalue weighted by molar-refractivity contribution is -0.132. The van der Waals surface area contributed by atoms with Crippen LogP contribution in [0.3, 0.4) is 0 Å². The predicted molar refractivity (Wildman–Crippen MR) is 63.8 cm³/mol. The molecule has 0 aromatic rings. The van der Waals surface area contributed by atoms with Gasteiger partial charge in [0.1, 0.15) is 0 Å². The third-order valence-corrected chi connectivity index (χ3v) is 4.68. The maximum Gasteiger partial charge on any atom is 0.240 e. The van der Waals surface area contributed by atoms with E-state index in [0.29, 0.717) is 11.3 Å². The van der Waals surface area contributed by atoms with Gasteiger partial charge in [0.05, 0.1) is 6.04 Å². The fourth-order valence-electron chi connectivity index (χ4n) is 2.27. The number of amides is 1. The van der Waals surface area contributed by atoms with Crippen LogP contribution in [-0.4, -0.2) is 41.6 Å². The Balaban J connectivity index is 1.92. The molecule has 0 radical (unpaired) electrons. The monoisotopic (exact) mass is 228 g/mol. The van der Waals surface area contributed by atoms with E-state index in [9.17, 15) is 4.79 Å². The molecule has 0 aromatic carbocycles. The first kappa shape index (κ1) is 11.3. The molecule has 2 heterocycles. The highest BCUT2D eigenvalue weighted by molar-refractivity contribution is 7.99. The van der Waals surface area contributed by atoms with E-state index < -0.39 is 0 Å². The molecule has 4 heteroatoms. The van der Waals surface area contributed by atoms with E-state index in [0.717, 1.165) is 31.1 Å². The van der Waals surface area contributed by atoms with Gasteiger partial charge in [-0.05, 0) is 18.3 Å². The first-order valence-corrected chi connectivity index (χ1v) is 6.90. The lowest BCUT2D eigenvalue weighted by Crippen LogP contribution is -2.44. The minimum atomic E-state index is 0.0780. The van der Waals surface area contributed by atoms with Gasteiger partial charge in [-0.3, -0.25) is 10.1 Å². The number of rotatable bonds is 2. The van der Waals surface area contributed by atoms with Crippen LogP contribution >= 0.6 is 11.8 Å². The Morgan fingerprint density at radius 1 is 1.67 bits per heavy atom. The van der Waals surface area contributed by atoms with Crippen LogP contribution in [0, 0.1) is 5.41 Å². The van der Waals surface area contributed by atoms with Crippen LogP contribution in [0.1, 0.15) is 26.7 Å². The average Bonchev–Trinajstić information content (AvgIpc) is 2.86. The van der Waals surface area contributed by atoms with E-state index >= 15 is 0 Å². The van der Waals surface area contributed by atoms with Crippen molar-refractivity contribution in [2.75, 3.05) is 24.7 Å². The molecule has 0 aromatic heterocycles. The van der Waals surface area contributed by atoms with Gasteiger partial charge in [-0.25, -0.2) is 0 Å². The van der Waals surface area contributed by atoms with E-state index in [1.807, 2.05) is 16.7 Å². The second-order valence-corrected chi connectivity index (χ2v) is 5.98. The summed E-state index contributed by atoms with van der Waals surface area (Å²) in [6.07, 6.45) is 2.33. The Kier molecular flexibility index (Phi) is 3.26. The highest BCUT2D eigenvalue weighted by Crippen LogP contribution is 2.33. The number of hydrogen-bond acceptors (Lipinski definition) is 3. The number of carbonyl (C=O) groups excluding carboxylic acids is 1. The van der Waals surface area contributed by atoms with Crippen molar-refractivity contribution in [1.29, 1.82) is 0 Å². The summed E-state index contributed by atoms with van der Waals surface area (Å²) in [5.74, 6) is 2.19. The van der Waals surface area contributed by atoms with Gasteiger partial charge >= 0.3 is 0 Å². The summed E-state index contributed by atoms with van der Waals surface area (Å²) in [4.78, 5) is 14.2. The molecule has 2 aliphatic heterocycles. The Hall–Kier alpha value is -0.220. The van der Waals surface area contributed by atoms with Gasteiger partial charge in [-0.1, -0.05) is 13.8 Å². The third kappa shape index (κ3) is 2.31. The molecular formula is C11H20N2OS. The highest BCUT2D eigenvalue weighted by Gasteiger charge is 2.37. The van der Waals surface area contributed by atoms with E-state index in [4.69, 9.17) is 0 Å². The fourth-order valence-corrected chi connectivity index (χ4v) is 3.21. The molecule has 2 atom stereocenters. The van der Waals surface area contributed by atoms with Gasteiger partial charge in [-0.15, -0.1) is 11.8 Å². The zero-order valence-corrected chi connectivity index (χ0v) is 10.4. The molecular weight excluding hydrogens is 208 g/mol. The lowest BCUT2D eigenvalue weighted by atomic mass is 9.87. The summed E-state index contributed by atoms with van der Waals surface area (Å²) in [5.41, 5.74) is 0.363. The molecule has 1 N–H and O–H groups in total. The standard InChI is InChI=1S/C11H20N2OS/c1-3-11(2)4-5-13(7-11)10(14)9-6-15-8-12-9/h9,12H,3-8H2,1-2H3. The Bertz CT molecular complexity index is 253. The van der Waals surface area contributed by atoms with Gasteiger partial charge in [0.2, 0.25) is 5.91 Å². The summed E-state index contributed by atoms with van der Waals surface area (Å²) in [6.45, 7) is 6.41. The summed E-state index contributed by atoms with van der Waals surface area (Å²) in [7, 11) is 0. The second kappa shape index (κ2) is 4.34. The Morgan fingerprint density at radius 2 is 2.47 bits per heavy atom. The Morgan fingerprint density at radius 3 is 3.00 bits per heavy atom. The van der Waals surface area contributed by atoms with Crippen molar-refractivity contribution in [3.63, 3.8) is 0 Å². The number of nitrogens with one attached hydrogen (secondary N) is 1. The predicted octanol–water partition coefficient (Wildman–Crippen LogP) is 1.30. The summed E-state index contributed by atoms with van der Waals surface area (Å²) in [5, 5.41) is 3.25. The zero-order valence-electron chi connectivity index (χ0n) is 9.58. The maximum absolute atomic E-state index is 12.1.